The first kappa shape index (κ1) is 19.3. The second-order valence-electron chi connectivity index (χ2n) is 7.90. The van der Waals surface area contributed by atoms with Gasteiger partial charge in [-0.2, -0.15) is 0 Å². The molecule has 0 saturated carbocycles. The van der Waals surface area contributed by atoms with Crippen LogP contribution in [0.5, 0.6) is 11.5 Å². The lowest BCUT2D eigenvalue weighted by Crippen LogP contribution is -2.05. The van der Waals surface area contributed by atoms with Gasteiger partial charge >= 0.3 is 5.97 Å². The van der Waals surface area contributed by atoms with Gasteiger partial charge < -0.3 is 9.47 Å². The minimum atomic E-state index is -0.392. The Hall–Kier alpha value is -4.44. The van der Waals surface area contributed by atoms with Crippen LogP contribution in [0.3, 0.4) is 0 Å². The third-order valence-electron chi connectivity index (χ3n) is 5.98. The topological polar surface area (TPSA) is 48.4 Å². The molecule has 4 heteroatoms. The second kappa shape index (κ2) is 7.61. The van der Waals surface area contributed by atoms with Crippen LogP contribution in [-0.4, -0.2) is 18.1 Å². The molecule has 2 heterocycles. The first-order valence-electron chi connectivity index (χ1n) is 10.7. The Morgan fingerprint density at radius 2 is 1.48 bits per heavy atom. The number of aromatic nitrogens is 1. The minimum Gasteiger partial charge on any atom is -0.465 e. The maximum Gasteiger partial charge on any atom is 0.337 e. The number of hydrogen-bond donors (Lipinski definition) is 0. The van der Waals surface area contributed by atoms with Crippen LogP contribution in [0, 0.1) is 0 Å². The van der Waals surface area contributed by atoms with E-state index in [0.717, 1.165) is 50.2 Å². The fraction of sp³-hybridized carbons (Fsp3) is 0.0345. The Kier molecular flexibility index (Phi) is 4.44. The van der Waals surface area contributed by atoms with E-state index in [0.29, 0.717) is 11.3 Å². The van der Waals surface area contributed by atoms with E-state index in [1.54, 1.807) is 18.2 Å². The highest BCUT2D eigenvalue weighted by atomic mass is 16.5. The molecule has 33 heavy (non-hydrogen) atoms. The molecule has 1 aromatic heterocycles. The zero-order chi connectivity index (χ0) is 22.4. The van der Waals surface area contributed by atoms with Crippen molar-refractivity contribution < 1.29 is 14.3 Å². The van der Waals surface area contributed by atoms with Gasteiger partial charge in [-0.05, 0) is 35.2 Å². The fourth-order valence-corrected chi connectivity index (χ4v) is 4.48. The van der Waals surface area contributed by atoms with Gasteiger partial charge in [0, 0.05) is 16.7 Å². The zero-order valence-corrected chi connectivity index (χ0v) is 17.9. The van der Waals surface area contributed by atoms with Gasteiger partial charge in [0.1, 0.15) is 11.5 Å². The molecule has 0 fully saturated rings. The Morgan fingerprint density at radius 1 is 0.758 bits per heavy atom. The number of ether oxygens (including phenoxy) is 2. The number of rotatable bonds is 3. The minimum absolute atomic E-state index is 0.392. The number of carbonyl (C=O) groups is 1. The third kappa shape index (κ3) is 3.07. The summed E-state index contributed by atoms with van der Waals surface area (Å²) < 4.78 is 11.2. The van der Waals surface area contributed by atoms with Gasteiger partial charge in [0.25, 0.3) is 0 Å². The lowest BCUT2D eigenvalue weighted by atomic mass is 9.90. The molecule has 1 aliphatic heterocycles. The van der Waals surface area contributed by atoms with E-state index >= 15 is 0 Å². The molecule has 1 aliphatic rings. The Bertz CT molecular complexity index is 1530. The number of carbonyl (C=O) groups excluding carboxylic acids is 1. The van der Waals surface area contributed by atoms with Crippen molar-refractivity contribution in [1.82, 2.24) is 4.98 Å². The molecule has 5 aromatic rings. The van der Waals surface area contributed by atoms with Crippen molar-refractivity contribution in [3.8, 4) is 45.1 Å². The monoisotopic (exact) mass is 429 g/mol. The van der Waals surface area contributed by atoms with Gasteiger partial charge in [-0.1, -0.05) is 72.8 Å². The molecule has 0 N–H and O–H groups in total. The van der Waals surface area contributed by atoms with Crippen molar-refractivity contribution in [2.75, 3.05) is 7.11 Å². The van der Waals surface area contributed by atoms with E-state index in [1.165, 1.54) is 7.11 Å². The first-order valence-corrected chi connectivity index (χ1v) is 10.7. The summed E-state index contributed by atoms with van der Waals surface area (Å²) in [5, 5.41) is 1.99. The van der Waals surface area contributed by atoms with Crippen LogP contribution in [0.15, 0.2) is 97.1 Å². The fourth-order valence-electron chi connectivity index (χ4n) is 4.48. The molecule has 0 saturated heterocycles. The summed E-state index contributed by atoms with van der Waals surface area (Å²) >= 11 is 0. The molecule has 0 spiro atoms. The molecule has 0 unspecified atom stereocenters. The van der Waals surface area contributed by atoms with Crippen LogP contribution in [0.4, 0.5) is 0 Å². The molecular formula is C29H19NO3. The molecule has 0 atom stereocenters. The molecule has 0 bridgehead atoms. The van der Waals surface area contributed by atoms with E-state index in [9.17, 15) is 4.79 Å². The van der Waals surface area contributed by atoms with Crippen LogP contribution in [0.25, 0.3) is 44.4 Å². The number of hydrogen-bond acceptors (Lipinski definition) is 4. The largest absolute Gasteiger partial charge is 0.465 e. The highest BCUT2D eigenvalue weighted by Crippen LogP contribution is 2.50. The first-order chi connectivity index (χ1) is 16.2. The quantitative estimate of drug-likeness (QED) is 0.281. The smallest absolute Gasteiger partial charge is 0.337 e. The summed E-state index contributed by atoms with van der Waals surface area (Å²) in [7, 11) is 1.38. The van der Waals surface area contributed by atoms with Crippen molar-refractivity contribution in [3.63, 3.8) is 0 Å². The van der Waals surface area contributed by atoms with E-state index < -0.39 is 5.97 Å². The lowest BCUT2D eigenvalue weighted by Gasteiger charge is -2.24. The lowest BCUT2D eigenvalue weighted by molar-refractivity contribution is 0.0601. The Morgan fingerprint density at radius 3 is 2.21 bits per heavy atom. The van der Waals surface area contributed by atoms with E-state index in [-0.39, 0.29) is 0 Å². The van der Waals surface area contributed by atoms with E-state index in [2.05, 4.69) is 30.3 Å². The average Bonchev–Trinajstić information content (AvgIpc) is 2.89. The summed E-state index contributed by atoms with van der Waals surface area (Å²) in [6.07, 6.45) is 0. The number of pyridine rings is 1. The number of esters is 1. The molecule has 6 rings (SSSR count). The van der Waals surface area contributed by atoms with Gasteiger partial charge in [0.15, 0.2) is 0 Å². The van der Waals surface area contributed by atoms with Crippen molar-refractivity contribution in [2.45, 2.75) is 0 Å². The molecule has 158 valence electrons. The van der Waals surface area contributed by atoms with Crippen molar-refractivity contribution in [1.29, 1.82) is 0 Å². The predicted molar refractivity (Wildman–Crippen MR) is 129 cm³/mol. The van der Waals surface area contributed by atoms with Crippen molar-refractivity contribution in [3.05, 3.63) is 103 Å². The van der Waals surface area contributed by atoms with Crippen LogP contribution in [0.1, 0.15) is 10.4 Å². The number of nitrogens with zero attached hydrogens (tertiary/aromatic N) is 1. The number of methoxy groups -OCH3 is 1. The van der Waals surface area contributed by atoms with Gasteiger partial charge in [0.05, 0.1) is 29.4 Å². The second-order valence-corrected chi connectivity index (χ2v) is 7.90. The summed E-state index contributed by atoms with van der Waals surface area (Å²) in [5.74, 6) is 1.03. The third-order valence-corrected chi connectivity index (χ3v) is 5.98. The summed E-state index contributed by atoms with van der Waals surface area (Å²) in [4.78, 5) is 17.4. The summed E-state index contributed by atoms with van der Waals surface area (Å²) in [5.41, 5.74) is 6.09. The van der Waals surface area contributed by atoms with Gasteiger partial charge in [-0.25, -0.2) is 9.78 Å². The summed E-state index contributed by atoms with van der Waals surface area (Å²) in [6, 6.07) is 31.9. The number of fused-ring (bicyclic) bond motifs is 2. The number of benzene rings is 4. The molecule has 4 aromatic carbocycles. The highest BCUT2D eigenvalue weighted by Gasteiger charge is 2.26. The Labute approximate surface area is 191 Å². The molecule has 0 radical (unpaired) electrons. The Balaban J connectivity index is 1.74. The van der Waals surface area contributed by atoms with E-state index in [1.807, 2.05) is 48.5 Å². The van der Waals surface area contributed by atoms with Gasteiger partial charge in [-0.15, -0.1) is 0 Å². The van der Waals surface area contributed by atoms with Crippen LogP contribution in [-0.2, 0) is 4.74 Å². The predicted octanol–water partition coefficient (Wildman–Crippen LogP) is 7.13. The normalized spacial score (nSPS) is 11.5. The molecular weight excluding hydrogens is 410 g/mol. The van der Waals surface area contributed by atoms with Crippen molar-refractivity contribution in [2.24, 2.45) is 0 Å². The van der Waals surface area contributed by atoms with Crippen LogP contribution < -0.4 is 4.74 Å². The summed E-state index contributed by atoms with van der Waals surface area (Å²) in [6.45, 7) is 0. The molecule has 4 nitrogen and oxygen atoms in total. The molecule has 0 amide bonds. The van der Waals surface area contributed by atoms with Crippen LogP contribution in [0.2, 0.25) is 0 Å². The SMILES string of the molecule is COC(=O)c1ccc2c(c1)-c1nc(-c3ccccc3)c(-c3ccccc3)c3cccc(c13)O2. The van der Waals surface area contributed by atoms with E-state index in [4.69, 9.17) is 14.5 Å². The average molecular weight is 429 g/mol. The molecule has 0 aliphatic carbocycles. The van der Waals surface area contributed by atoms with Crippen LogP contribution >= 0.6 is 0 Å². The van der Waals surface area contributed by atoms with Gasteiger partial charge in [0.2, 0.25) is 0 Å². The zero-order valence-electron chi connectivity index (χ0n) is 17.9. The maximum absolute atomic E-state index is 12.2. The highest BCUT2D eigenvalue weighted by molar-refractivity contribution is 6.12. The van der Waals surface area contributed by atoms with Crippen molar-refractivity contribution >= 4 is 16.7 Å². The van der Waals surface area contributed by atoms with Gasteiger partial charge in [-0.3, -0.25) is 0 Å². The maximum atomic E-state index is 12.2. The standard InChI is InChI=1S/C29H19NO3/c1-32-29(31)20-15-16-23-22(17-20)28-26-21(13-8-14-24(26)33-23)25(18-9-4-2-5-10-18)27(30-28)19-11-6-3-7-12-19/h2-17H,1H3.